The lowest BCUT2D eigenvalue weighted by Crippen LogP contribution is -2.12. The van der Waals surface area contributed by atoms with Gasteiger partial charge in [-0.15, -0.1) is 0 Å². The first-order valence-electron chi connectivity index (χ1n) is 20.5. The maximum absolute atomic E-state index is 11.7. The molecule has 9 heteroatoms. The van der Waals surface area contributed by atoms with Gasteiger partial charge in [0, 0.05) is 40.3 Å². The third kappa shape index (κ3) is 9.72. The first-order valence-corrected chi connectivity index (χ1v) is 20.5. The van der Waals surface area contributed by atoms with Crippen molar-refractivity contribution in [2.75, 3.05) is 20.3 Å². The van der Waals surface area contributed by atoms with Gasteiger partial charge in [0.2, 0.25) is 0 Å². The maximum Gasteiger partial charge on any atom is 0.167 e. The first-order chi connectivity index (χ1) is 26.7. The van der Waals surface area contributed by atoms with Gasteiger partial charge in [0.25, 0.3) is 0 Å². The van der Waals surface area contributed by atoms with E-state index in [0.29, 0.717) is 64.6 Å². The molecule has 0 spiro atoms. The summed E-state index contributed by atoms with van der Waals surface area (Å²) in [5.74, 6) is 4.01. The van der Waals surface area contributed by atoms with Crippen molar-refractivity contribution in [1.29, 1.82) is 0 Å². The van der Waals surface area contributed by atoms with Crippen LogP contribution in [0.5, 0.6) is 28.7 Å². The second kappa shape index (κ2) is 19.7. The number of unbranched alkanes of at least 4 members (excludes halogenated alkanes) is 3. The molecule has 2 heterocycles. The molecule has 0 saturated carbocycles. The van der Waals surface area contributed by atoms with Gasteiger partial charge in [0.05, 0.1) is 31.5 Å². The van der Waals surface area contributed by atoms with Crippen molar-refractivity contribution in [3.63, 3.8) is 0 Å². The lowest BCUT2D eigenvalue weighted by Gasteiger charge is -2.19. The standard InChI is InChI=1S/C46H62N4O5/c1-9-14-17-32(12-4)28-54-40-23-20-35(42(51)30(40)6)44-47-45(36-21-24-41(31(7)43(36)52)55-29-33(13-5)18-15-10-2)49-46(48-44)38-27-50(25-16-11-3)39-22-19-34(53-8)26-37(38)39/h19-24,26-27,32-33,51-52H,9-18,25,28-29H2,1-8H3. The Bertz CT molecular complexity index is 1930. The molecule has 9 nitrogen and oxygen atoms in total. The molecule has 0 saturated heterocycles. The van der Waals surface area contributed by atoms with E-state index in [-0.39, 0.29) is 23.1 Å². The molecule has 0 fully saturated rings. The average molecular weight is 751 g/mol. The molecule has 2 aromatic heterocycles. The molecule has 0 radical (unpaired) electrons. The number of phenolic OH excluding ortho intramolecular Hbond substituents is 2. The molecule has 5 aromatic rings. The van der Waals surface area contributed by atoms with Crippen LogP contribution in [0.1, 0.15) is 110 Å². The molecule has 0 bridgehead atoms. The molecular formula is C46H62N4O5. The van der Waals surface area contributed by atoms with Gasteiger partial charge < -0.3 is 29.0 Å². The number of ether oxygens (including phenoxy) is 3. The summed E-state index contributed by atoms with van der Waals surface area (Å²) in [5.41, 5.74) is 4.00. The fraction of sp³-hybridized carbons (Fsp3) is 0.500. The van der Waals surface area contributed by atoms with Crippen LogP contribution in [0.4, 0.5) is 0 Å². The highest BCUT2D eigenvalue weighted by Gasteiger charge is 2.23. The fourth-order valence-corrected chi connectivity index (χ4v) is 7.08. The molecule has 0 aliphatic heterocycles. The highest BCUT2D eigenvalue weighted by molar-refractivity contribution is 5.96. The number of aromatic nitrogens is 4. The average Bonchev–Trinajstić information content (AvgIpc) is 3.57. The highest BCUT2D eigenvalue weighted by Crippen LogP contribution is 2.41. The van der Waals surface area contributed by atoms with Gasteiger partial charge in [-0.3, -0.25) is 0 Å². The normalized spacial score (nSPS) is 12.6. The number of fused-ring (bicyclic) bond motifs is 1. The number of benzene rings is 3. The van der Waals surface area contributed by atoms with E-state index in [1.165, 1.54) is 12.8 Å². The zero-order chi connectivity index (χ0) is 39.5. The van der Waals surface area contributed by atoms with Gasteiger partial charge >= 0.3 is 0 Å². The molecule has 0 aliphatic carbocycles. The van der Waals surface area contributed by atoms with E-state index >= 15 is 0 Å². The summed E-state index contributed by atoms with van der Waals surface area (Å²) in [6.07, 6.45) is 13.1. The minimum absolute atomic E-state index is 0.0481. The fourth-order valence-electron chi connectivity index (χ4n) is 7.08. The predicted molar refractivity (Wildman–Crippen MR) is 223 cm³/mol. The van der Waals surface area contributed by atoms with E-state index in [4.69, 9.17) is 29.2 Å². The zero-order valence-corrected chi connectivity index (χ0v) is 34.4. The summed E-state index contributed by atoms with van der Waals surface area (Å²) >= 11 is 0. The van der Waals surface area contributed by atoms with E-state index in [9.17, 15) is 10.2 Å². The summed E-state index contributed by atoms with van der Waals surface area (Å²) in [5, 5.41) is 24.4. The molecule has 55 heavy (non-hydrogen) atoms. The van der Waals surface area contributed by atoms with Crippen LogP contribution in [0.25, 0.3) is 45.1 Å². The summed E-state index contributed by atoms with van der Waals surface area (Å²) in [6, 6.07) is 13.4. The number of nitrogens with zero attached hydrogens (tertiary/aromatic N) is 4. The number of hydrogen-bond acceptors (Lipinski definition) is 8. The summed E-state index contributed by atoms with van der Waals surface area (Å²) < 4.78 is 20.4. The van der Waals surface area contributed by atoms with E-state index in [1.54, 1.807) is 7.11 Å². The Morgan fingerprint density at radius 1 is 0.636 bits per heavy atom. The van der Waals surface area contributed by atoms with Crippen molar-refractivity contribution >= 4 is 10.9 Å². The Labute approximate surface area is 328 Å². The molecule has 3 aromatic carbocycles. The third-order valence-electron chi connectivity index (χ3n) is 11.0. The molecule has 0 aliphatic rings. The SMILES string of the molecule is CCCCC(CC)COc1ccc(-c2nc(-c3ccc(OCC(CC)CCCC)c(C)c3O)nc(-c3cn(CCCC)c4ccc(OC)cc34)n2)c(O)c1C. The topological polar surface area (TPSA) is 112 Å². The van der Waals surface area contributed by atoms with E-state index in [0.717, 1.165) is 80.1 Å². The van der Waals surface area contributed by atoms with Crippen molar-refractivity contribution in [3.05, 3.63) is 59.8 Å². The molecule has 296 valence electrons. The summed E-state index contributed by atoms with van der Waals surface area (Å²) in [4.78, 5) is 15.0. The Kier molecular flexibility index (Phi) is 14.8. The number of rotatable bonds is 21. The van der Waals surface area contributed by atoms with Crippen molar-refractivity contribution in [3.8, 4) is 62.9 Å². The Hall–Kier alpha value is -4.79. The number of methoxy groups -OCH3 is 1. The van der Waals surface area contributed by atoms with Gasteiger partial charge in [0.1, 0.15) is 28.7 Å². The number of aryl methyl sites for hydroxylation is 1. The second-order valence-electron chi connectivity index (χ2n) is 14.9. The Morgan fingerprint density at radius 2 is 1.13 bits per heavy atom. The molecular weight excluding hydrogens is 689 g/mol. The summed E-state index contributed by atoms with van der Waals surface area (Å²) in [6.45, 7) is 16.7. The monoisotopic (exact) mass is 750 g/mol. The number of hydrogen-bond donors (Lipinski definition) is 2. The third-order valence-corrected chi connectivity index (χ3v) is 11.0. The summed E-state index contributed by atoms with van der Waals surface area (Å²) in [7, 11) is 1.66. The van der Waals surface area contributed by atoms with E-state index in [1.807, 2.05) is 50.2 Å². The smallest absolute Gasteiger partial charge is 0.167 e. The quantitative estimate of drug-likeness (QED) is 0.0762. The van der Waals surface area contributed by atoms with Crippen LogP contribution in [0.15, 0.2) is 48.7 Å². The van der Waals surface area contributed by atoms with Crippen LogP contribution in [0.2, 0.25) is 0 Å². The largest absolute Gasteiger partial charge is 0.507 e. The minimum atomic E-state index is 0.0481. The lowest BCUT2D eigenvalue weighted by molar-refractivity contribution is 0.231. The lowest BCUT2D eigenvalue weighted by atomic mass is 10.0. The van der Waals surface area contributed by atoms with Crippen LogP contribution in [0, 0.1) is 25.7 Å². The number of phenols is 2. The highest BCUT2D eigenvalue weighted by atomic mass is 16.5. The van der Waals surface area contributed by atoms with Crippen molar-refractivity contribution in [2.24, 2.45) is 11.8 Å². The molecule has 2 atom stereocenters. The Balaban J connectivity index is 1.62. The minimum Gasteiger partial charge on any atom is -0.507 e. The van der Waals surface area contributed by atoms with Crippen molar-refractivity contribution < 1.29 is 24.4 Å². The first kappa shape index (κ1) is 41.4. The second-order valence-corrected chi connectivity index (χ2v) is 14.9. The maximum atomic E-state index is 11.7. The van der Waals surface area contributed by atoms with Gasteiger partial charge in [-0.2, -0.15) is 0 Å². The van der Waals surface area contributed by atoms with Crippen LogP contribution in [-0.2, 0) is 6.54 Å². The molecule has 0 amide bonds. The van der Waals surface area contributed by atoms with Gasteiger partial charge in [-0.1, -0.05) is 79.6 Å². The molecule has 2 N–H and O–H groups in total. The Morgan fingerprint density at radius 3 is 1.58 bits per heavy atom. The molecule has 5 rings (SSSR count). The predicted octanol–water partition coefficient (Wildman–Crippen LogP) is 11.9. The van der Waals surface area contributed by atoms with Crippen LogP contribution in [0.3, 0.4) is 0 Å². The van der Waals surface area contributed by atoms with Crippen molar-refractivity contribution in [1.82, 2.24) is 19.5 Å². The van der Waals surface area contributed by atoms with E-state index < -0.39 is 0 Å². The van der Waals surface area contributed by atoms with Crippen LogP contribution >= 0.6 is 0 Å². The van der Waals surface area contributed by atoms with Gasteiger partial charge in [-0.05, 0) is 87.4 Å². The van der Waals surface area contributed by atoms with Crippen LogP contribution in [-0.4, -0.2) is 50.1 Å². The van der Waals surface area contributed by atoms with Gasteiger partial charge in [0.15, 0.2) is 17.5 Å². The van der Waals surface area contributed by atoms with E-state index in [2.05, 4.69) is 51.4 Å². The molecule has 2 unspecified atom stereocenters. The zero-order valence-electron chi connectivity index (χ0n) is 34.4. The number of aromatic hydroxyl groups is 2. The van der Waals surface area contributed by atoms with Crippen LogP contribution < -0.4 is 14.2 Å². The van der Waals surface area contributed by atoms with Gasteiger partial charge in [-0.25, -0.2) is 15.0 Å². The van der Waals surface area contributed by atoms with Crippen molar-refractivity contribution in [2.45, 2.75) is 119 Å².